The molecule has 0 aliphatic rings. The summed E-state index contributed by atoms with van der Waals surface area (Å²) < 4.78 is 10.3. The van der Waals surface area contributed by atoms with Crippen LogP contribution in [0.3, 0.4) is 0 Å². The fraction of sp³-hybridized carbons (Fsp3) is 0.500. The van der Waals surface area contributed by atoms with E-state index < -0.39 is 0 Å². The lowest BCUT2D eigenvalue weighted by Crippen LogP contribution is -2.08. The molecule has 1 aromatic rings. The first-order chi connectivity index (χ1) is 8.19. The molecule has 5 nitrogen and oxygen atoms in total. The molecule has 0 bridgehead atoms. The summed E-state index contributed by atoms with van der Waals surface area (Å²) in [6.45, 7) is 4.72. The average molecular weight is 235 g/mol. The third kappa shape index (κ3) is 2.59. The van der Waals surface area contributed by atoms with Crippen molar-refractivity contribution in [2.24, 2.45) is 0 Å². The molecule has 0 aliphatic heterocycles. The number of anilines is 1. The zero-order valence-corrected chi connectivity index (χ0v) is 10.6. The molecule has 92 valence electrons. The first kappa shape index (κ1) is 13.1. The molecule has 0 aromatic carbocycles. The average Bonchev–Trinajstić information content (AvgIpc) is 2.36. The highest BCUT2D eigenvalue weighted by molar-refractivity contribution is 5.66. The van der Waals surface area contributed by atoms with Crippen LogP contribution in [0.1, 0.15) is 24.5 Å². The highest BCUT2D eigenvalue weighted by Gasteiger charge is 2.17. The molecule has 0 spiro atoms. The maximum absolute atomic E-state index is 9.11. The van der Waals surface area contributed by atoms with E-state index in [9.17, 15) is 0 Å². The minimum atomic E-state index is 0.295. The molecule has 1 rings (SSSR count). The summed E-state index contributed by atoms with van der Waals surface area (Å²) in [6, 6.07) is 2.10. The van der Waals surface area contributed by atoms with Crippen molar-refractivity contribution in [1.82, 2.24) is 4.98 Å². The number of ether oxygens (including phenoxy) is 2. The number of methoxy groups -OCH3 is 2. The molecular formula is C12H17N3O2. The van der Waals surface area contributed by atoms with E-state index in [4.69, 9.17) is 14.7 Å². The van der Waals surface area contributed by atoms with E-state index in [0.717, 1.165) is 24.2 Å². The molecule has 0 amide bonds. The number of aromatic nitrogens is 1. The first-order valence-corrected chi connectivity index (χ1v) is 5.46. The molecule has 0 unspecified atom stereocenters. The van der Waals surface area contributed by atoms with Gasteiger partial charge in [0, 0.05) is 12.1 Å². The Morgan fingerprint density at radius 2 is 1.94 bits per heavy atom. The van der Waals surface area contributed by atoms with Crippen molar-refractivity contribution in [2.75, 3.05) is 26.1 Å². The number of nitrogens with one attached hydrogen (secondary N) is 1. The third-order valence-corrected chi connectivity index (χ3v) is 2.43. The summed E-state index contributed by atoms with van der Waals surface area (Å²) in [5, 5.41) is 12.3. The first-order valence-electron chi connectivity index (χ1n) is 5.46. The van der Waals surface area contributed by atoms with Crippen molar-refractivity contribution < 1.29 is 9.47 Å². The van der Waals surface area contributed by atoms with Crippen LogP contribution in [0.2, 0.25) is 0 Å². The predicted octanol–water partition coefficient (Wildman–Crippen LogP) is 2.10. The van der Waals surface area contributed by atoms with Gasteiger partial charge in [-0.3, -0.25) is 0 Å². The van der Waals surface area contributed by atoms with Crippen molar-refractivity contribution in [3.05, 3.63) is 11.1 Å². The van der Waals surface area contributed by atoms with Gasteiger partial charge in [-0.2, -0.15) is 10.2 Å². The van der Waals surface area contributed by atoms with Gasteiger partial charge in [0.1, 0.15) is 17.3 Å². The summed E-state index contributed by atoms with van der Waals surface area (Å²) in [5.41, 5.74) is 1.99. The number of nitriles is 1. The smallest absolute Gasteiger partial charge is 0.240 e. The van der Waals surface area contributed by atoms with Crippen LogP contribution in [0.5, 0.6) is 11.8 Å². The highest BCUT2D eigenvalue weighted by atomic mass is 16.5. The predicted molar refractivity (Wildman–Crippen MR) is 65.6 cm³/mol. The molecule has 0 fully saturated rings. The molecule has 1 heterocycles. The molecular weight excluding hydrogens is 218 g/mol. The van der Waals surface area contributed by atoms with Gasteiger partial charge in [0.2, 0.25) is 11.8 Å². The lowest BCUT2D eigenvalue weighted by molar-refractivity contribution is 0.364. The fourth-order valence-electron chi connectivity index (χ4n) is 1.54. The van der Waals surface area contributed by atoms with Crippen molar-refractivity contribution in [3.63, 3.8) is 0 Å². The van der Waals surface area contributed by atoms with E-state index in [-0.39, 0.29) is 0 Å². The molecule has 0 saturated heterocycles. The van der Waals surface area contributed by atoms with E-state index in [1.54, 1.807) is 7.11 Å². The lowest BCUT2D eigenvalue weighted by atomic mass is 10.1. The highest BCUT2D eigenvalue weighted by Crippen LogP contribution is 2.33. The molecule has 0 atom stereocenters. The van der Waals surface area contributed by atoms with Crippen LogP contribution < -0.4 is 14.8 Å². The number of hydrogen-bond acceptors (Lipinski definition) is 5. The third-order valence-electron chi connectivity index (χ3n) is 2.43. The Morgan fingerprint density at radius 3 is 2.41 bits per heavy atom. The Morgan fingerprint density at radius 1 is 1.29 bits per heavy atom. The number of rotatable bonds is 5. The molecule has 17 heavy (non-hydrogen) atoms. The second-order valence-corrected chi connectivity index (χ2v) is 3.54. The van der Waals surface area contributed by atoms with Crippen molar-refractivity contribution >= 4 is 5.69 Å². The van der Waals surface area contributed by atoms with Crippen molar-refractivity contribution in [3.8, 4) is 17.8 Å². The standard InChI is InChI=1S/C12H17N3O2/c1-5-6-14-10-8(2)9(7-13)11(16-3)15-12(10)17-4/h14H,5-6H2,1-4H3. The minimum absolute atomic E-state index is 0.295. The van der Waals surface area contributed by atoms with Crippen molar-refractivity contribution in [2.45, 2.75) is 20.3 Å². The SMILES string of the molecule is CCCNc1c(OC)nc(OC)c(C#N)c1C. The van der Waals surface area contributed by atoms with Crippen LogP contribution in [0, 0.1) is 18.3 Å². The summed E-state index contributed by atoms with van der Waals surface area (Å²) >= 11 is 0. The molecule has 1 N–H and O–H groups in total. The van der Waals surface area contributed by atoms with Gasteiger partial charge in [-0.15, -0.1) is 0 Å². The molecule has 0 radical (unpaired) electrons. The second kappa shape index (κ2) is 5.94. The normalized spacial score (nSPS) is 9.59. The molecule has 0 saturated carbocycles. The summed E-state index contributed by atoms with van der Waals surface area (Å²) in [6.07, 6.45) is 0.983. The zero-order chi connectivity index (χ0) is 12.8. The Balaban J connectivity index is 3.32. The van der Waals surface area contributed by atoms with Crippen LogP contribution in [0.4, 0.5) is 5.69 Å². The van der Waals surface area contributed by atoms with Crippen LogP contribution in [-0.2, 0) is 0 Å². The molecule has 0 aliphatic carbocycles. The van der Waals surface area contributed by atoms with Crippen LogP contribution in [0.15, 0.2) is 0 Å². The van der Waals surface area contributed by atoms with E-state index >= 15 is 0 Å². The van der Waals surface area contributed by atoms with Crippen LogP contribution in [0.25, 0.3) is 0 Å². The molecule has 1 aromatic heterocycles. The van der Waals surface area contributed by atoms with Gasteiger partial charge in [-0.25, -0.2) is 0 Å². The summed E-state index contributed by atoms with van der Waals surface area (Å²) in [5.74, 6) is 0.746. The maximum atomic E-state index is 9.11. The molecule has 5 heteroatoms. The van der Waals surface area contributed by atoms with Crippen LogP contribution >= 0.6 is 0 Å². The van der Waals surface area contributed by atoms with Gasteiger partial charge in [0.25, 0.3) is 0 Å². The number of nitrogens with zero attached hydrogens (tertiary/aromatic N) is 2. The minimum Gasteiger partial charge on any atom is -0.480 e. The van der Waals surface area contributed by atoms with Gasteiger partial charge in [0.05, 0.1) is 14.2 Å². The summed E-state index contributed by atoms with van der Waals surface area (Å²) in [7, 11) is 3.03. The van der Waals surface area contributed by atoms with E-state index in [0.29, 0.717) is 17.3 Å². The van der Waals surface area contributed by atoms with Gasteiger partial charge in [-0.05, 0) is 13.3 Å². The van der Waals surface area contributed by atoms with Gasteiger partial charge in [-0.1, -0.05) is 6.92 Å². The fourth-order valence-corrected chi connectivity index (χ4v) is 1.54. The van der Waals surface area contributed by atoms with E-state index in [1.165, 1.54) is 7.11 Å². The van der Waals surface area contributed by atoms with Gasteiger partial charge in [0.15, 0.2) is 0 Å². The monoisotopic (exact) mass is 235 g/mol. The Labute approximate surface area is 101 Å². The van der Waals surface area contributed by atoms with Gasteiger partial charge >= 0.3 is 0 Å². The van der Waals surface area contributed by atoms with Crippen LogP contribution in [-0.4, -0.2) is 25.7 Å². The number of pyridine rings is 1. The second-order valence-electron chi connectivity index (χ2n) is 3.54. The number of hydrogen-bond donors (Lipinski definition) is 1. The summed E-state index contributed by atoms with van der Waals surface area (Å²) in [4.78, 5) is 4.16. The van der Waals surface area contributed by atoms with E-state index in [1.807, 2.05) is 6.92 Å². The Bertz CT molecular complexity index is 438. The lowest BCUT2D eigenvalue weighted by Gasteiger charge is -2.15. The quantitative estimate of drug-likeness (QED) is 0.846. The Hall–Kier alpha value is -1.96. The zero-order valence-electron chi connectivity index (χ0n) is 10.6. The van der Waals surface area contributed by atoms with Crippen molar-refractivity contribution in [1.29, 1.82) is 5.26 Å². The maximum Gasteiger partial charge on any atom is 0.240 e. The Kier molecular flexibility index (Phi) is 4.58. The van der Waals surface area contributed by atoms with Gasteiger partial charge < -0.3 is 14.8 Å². The van der Waals surface area contributed by atoms with E-state index in [2.05, 4.69) is 23.3 Å². The topological polar surface area (TPSA) is 67.2 Å². The largest absolute Gasteiger partial charge is 0.480 e.